The summed E-state index contributed by atoms with van der Waals surface area (Å²) in [5.74, 6) is 0.933. The van der Waals surface area contributed by atoms with Crippen LogP contribution in [0.15, 0.2) is 0 Å². The van der Waals surface area contributed by atoms with Crippen LogP contribution in [0.2, 0.25) is 0 Å². The van der Waals surface area contributed by atoms with Crippen molar-refractivity contribution in [3.8, 4) is 0 Å². The molecule has 5 nitrogen and oxygen atoms in total. The zero-order valence-corrected chi connectivity index (χ0v) is 13.1. The number of likely N-dealkylation sites (tertiary alicyclic amines) is 1. The molecule has 5 heteroatoms. The second-order valence-corrected chi connectivity index (χ2v) is 6.97. The number of carbonyl (C=O) groups excluding carboxylic acids is 1. The lowest BCUT2D eigenvalue weighted by Gasteiger charge is -2.31. The van der Waals surface area contributed by atoms with E-state index in [9.17, 15) is 4.79 Å². The molecular formula is C16H29N3O2. The average molecular weight is 295 g/mol. The van der Waals surface area contributed by atoms with Gasteiger partial charge < -0.3 is 20.3 Å². The molecule has 0 unspecified atom stereocenters. The zero-order chi connectivity index (χ0) is 14.7. The molecule has 0 spiro atoms. The van der Waals surface area contributed by atoms with Gasteiger partial charge >= 0.3 is 6.03 Å². The van der Waals surface area contributed by atoms with E-state index in [0.717, 1.165) is 38.3 Å². The highest BCUT2D eigenvalue weighted by Gasteiger charge is 2.31. The Labute approximate surface area is 127 Å². The van der Waals surface area contributed by atoms with Gasteiger partial charge in [0.1, 0.15) is 0 Å². The molecule has 120 valence electrons. The van der Waals surface area contributed by atoms with Crippen LogP contribution in [-0.4, -0.2) is 55.9 Å². The van der Waals surface area contributed by atoms with Crippen LogP contribution in [0.3, 0.4) is 0 Å². The quantitative estimate of drug-likeness (QED) is 0.812. The predicted octanol–water partition coefficient (Wildman–Crippen LogP) is 1.73. The molecule has 21 heavy (non-hydrogen) atoms. The van der Waals surface area contributed by atoms with Gasteiger partial charge in [0.15, 0.2) is 0 Å². The minimum atomic E-state index is -0.0118. The molecule has 3 aliphatic rings. The van der Waals surface area contributed by atoms with Crippen LogP contribution >= 0.6 is 0 Å². The molecule has 2 saturated carbocycles. The van der Waals surface area contributed by atoms with E-state index < -0.39 is 0 Å². The summed E-state index contributed by atoms with van der Waals surface area (Å²) in [7, 11) is 1.75. The topological polar surface area (TPSA) is 53.6 Å². The van der Waals surface area contributed by atoms with Gasteiger partial charge in [-0.2, -0.15) is 0 Å². The van der Waals surface area contributed by atoms with E-state index in [-0.39, 0.29) is 18.2 Å². The van der Waals surface area contributed by atoms with Crippen LogP contribution in [0, 0.1) is 5.92 Å². The van der Waals surface area contributed by atoms with Crippen molar-refractivity contribution in [1.82, 2.24) is 15.5 Å². The van der Waals surface area contributed by atoms with Crippen molar-refractivity contribution in [3.63, 3.8) is 0 Å². The van der Waals surface area contributed by atoms with E-state index in [1.165, 1.54) is 32.2 Å². The molecule has 0 bridgehead atoms. The summed E-state index contributed by atoms with van der Waals surface area (Å²) >= 11 is 0. The first-order valence-corrected chi connectivity index (χ1v) is 8.57. The Morgan fingerprint density at radius 2 is 1.95 bits per heavy atom. The number of nitrogens with one attached hydrogen (secondary N) is 2. The van der Waals surface area contributed by atoms with Crippen LogP contribution in [0.25, 0.3) is 0 Å². The molecular weight excluding hydrogens is 266 g/mol. The summed E-state index contributed by atoms with van der Waals surface area (Å²) < 4.78 is 5.49. The Bertz CT molecular complexity index is 359. The highest BCUT2D eigenvalue weighted by molar-refractivity contribution is 5.74. The standard InChI is InChI=1S/C16H29N3O2/c1-21-15-5-3-2-4-14(15)18-16(20)17-13-8-9-19(11-13)10-12-6-7-12/h12-15H,2-11H2,1H3,(H2,17,18,20)/t13-,14+,15+/m0/s1. The highest BCUT2D eigenvalue weighted by Crippen LogP contribution is 2.30. The fraction of sp³-hybridized carbons (Fsp3) is 0.938. The number of nitrogens with zero attached hydrogens (tertiary/aromatic N) is 1. The number of urea groups is 1. The van der Waals surface area contributed by atoms with E-state index in [0.29, 0.717) is 6.04 Å². The molecule has 1 saturated heterocycles. The first kappa shape index (κ1) is 15.1. The van der Waals surface area contributed by atoms with Gasteiger partial charge in [-0.05, 0) is 38.0 Å². The smallest absolute Gasteiger partial charge is 0.315 e. The van der Waals surface area contributed by atoms with Gasteiger partial charge in [-0.25, -0.2) is 4.79 Å². The monoisotopic (exact) mass is 295 g/mol. The van der Waals surface area contributed by atoms with E-state index in [2.05, 4.69) is 15.5 Å². The summed E-state index contributed by atoms with van der Waals surface area (Å²) in [6, 6.07) is 0.475. The van der Waals surface area contributed by atoms with E-state index in [1.807, 2.05) is 0 Å². The molecule has 2 N–H and O–H groups in total. The molecule has 0 aromatic carbocycles. The van der Waals surface area contributed by atoms with Crippen molar-refractivity contribution in [2.75, 3.05) is 26.7 Å². The lowest BCUT2D eigenvalue weighted by Crippen LogP contribution is -2.52. The van der Waals surface area contributed by atoms with Crippen LogP contribution in [0.4, 0.5) is 4.79 Å². The molecule has 3 fully saturated rings. The second kappa shape index (κ2) is 6.97. The van der Waals surface area contributed by atoms with Crippen molar-refractivity contribution in [2.24, 2.45) is 5.92 Å². The Morgan fingerprint density at radius 3 is 2.71 bits per heavy atom. The van der Waals surface area contributed by atoms with Crippen molar-refractivity contribution >= 4 is 6.03 Å². The number of rotatable bonds is 5. The SMILES string of the molecule is CO[C@@H]1CCCC[C@H]1NC(=O)N[C@H]1CCN(CC2CC2)C1. The highest BCUT2D eigenvalue weighted by atomic mass is 16.5. The summed E-state index contributed by atoms with van der Waals surface area (Å²) in [6.45, 7) is 3.38. The third-order valence-electron chi connectivity index (χ3n) is 5.14. The van der Waals surface area contributed by atoms with Crippen LogP contribution in [0.5, 0.6) is 0 Å². The first-order chi connectivity index (χ1) is 10.2. The molecule has 0 radical (unpaired) electrons. The summed E-state index contributed by atoms with van der Waals surface area (Å²) in [6.07, 6.45) is 8.53. The molecule has 3 atom stereocenters. The maximum atomic E-state index is 12.2. The number of hydrogen-bond acceptors (Lipinski definition) is 3. The number of carbonyl (C=O) groups is 1. The summed E-state index contributed by atoms with van der Waals surface area (Å²) in [5, 5.41) is 6.27. The second-order valence-electron chi connectivity index (χ2n) is 6.97. The van der Waals surface area contributed by atoms with Crippen LogP contribution in [-0.2, 0) is 4.74 Å². The third kappa shape index (κ3) is 4.33. The molecule has 2 aliphatic carbocycles. The predicted molar refractivity (Wildman–Crippen MR) is 82.3 cm³/mol. The van der Waals surface area contributed by atoms with Crippen molar-refractivity contribution in [1.29, 1.82) is 0 Å². The van der Waals surface area contributed by atoms with Crippen LogP contribution < -0.4 is 10.6 Å². The van der Waals surface area contributed by atoms with E-state index in [4.69, 9.17) is 4.74 Å². The Balaban J connectivity index is 1.39. The average Bonchev–Trinajstić information content (AvgIpc) is 3.18. The van der Waals surface area contributed by atoms with Crippen molar-refractivity contribution in [3.05, 3.63) is 0 Å². The summed E-state index contributed by atoms with van der Waals surface area (Å²) in [5.41, 5.74) is 0. The van der Waals surface area contributed by atoms with Gasteiger partial charge in [0, 0.05) is 32.8 Å². The first-order valence-electron chi connectivity index (χ1n) is 8.57. The molecule has 1 aliphatic heterocycles. The zero-order valence-electron chi connectivity index (χ0n) is 13.1. The molecule has 0 aromatic heterocycles. The molecule has 1 heterocycles. The largest absolute Gasteiger partial charge is 0.379 e. The number of methoxy groups -OCH3 is 1. The molecule has 3 rings (SSSR count). The fourth-order valence-electron chi connectivity index (χ4n) is 3.72. The Kier molecular flexibility index (Phi) is 5.01. The number of amides is 2. The lowest BCUT2D eigenvalue weighted by molar-refractivity contribution is 0.0451. The fourth-order valence-corrected chi connectivity index (χ4v) is 3.72. The normalized spacial score (nSPS) is 33.9. The number of hydrogen-bond donors (Lipinski definition) is 2. The van der Waals surface area contributed by atoms with E-state index in [1.54, 1.807) is 7.11 Å². The summed E-state index contributed by atoms with van der Waals surface area (Å²) in [4.78, 5) is 14.7. The van der Waals surface area contributed by atoms with E-state index >= 15 is 0 Å². The Morgan fingerprint density at radius 1 is 1.14 bits per heavy atom. The molecule has 2 amide bonds. The van der Waals surface area contributed by atoms with Gasteiger partial charge in [0.2, 0.25) is 0 Å². The molecule has 0 aromatic rings. The van der Waals surface area contributed by atoms with Gasteiger partial charge in [0.25, 0.3) is 0 Å². The minimum Gasteiger partial charge on any atom is -0.379 e. The number of ether oxygens (including phenoxy) is 1. The van der Waals surface area contributed by atoms with Gasteiger partial charge in [-0.3, -0.25) is 0 Å². The maximum absolute atomic E-state index is 12.2. The van der Waals surface area contributed by atoms with Gasteiger partial charge in [0.05, 0.1) is 12.1 Å². The van der Waals surface area contributed by atoms with Crippen LogP contribution in [0.1, 0.15) is 44.9 Å². The minimum absolute atomic E-state index is 0.0118. The lowest BCUT2D eigenvalue weighted by atomic mass is 9.92. The van der Waals surface area contributed by atoms with Gasteiger partial charge in [-0.15, -0.1) is 0 Å². The van der Waals surface area contributed by atoms with Crippen molar-refractivity contribution < 1.29 is 9.53 Å². The third-order valence-corrected chi connectivity index (χ3v) is 5.14. The van der Waals surface area contributed by atoms with Crippen molar-refractivity contribution in [2.45, 2.75) is 63.1 Å². The van der Waals surface area contributed by atoms with Gasteiger partial charge in [-0.1, -0.05) is 12.8 Å². The Hall–Kier alpha value is -0.810. The maximum Gasteiger partial charge on any atom is 0.315 e.